The molecule has 1 fully saturated rings. The van der Waals surface area contributed by atoms with Gasteiger partial charge in [-0.25, -0.2) is 0 Å². The molecule has 1 aliphatic heterocycles. The van der Waals surface area contributed by atoms with Gasteiger partial charge in [0.1, 0.15) is 11.9 Å². The monoisotopic (exact) mass is 241 g/mol. The lowest BCUT2D eigenvalue weighted by molar-refractivity contribution is 0.00693. The second-order valence-electron chi connectivity index (χ2n) is 3.99. The number of rotatable bonds is 3. The summed E-state index contributed by atoms with van der Waals surface area (Å²) in [5.74, 6) is 1.17. The van der Waals surface area contributed by atoms with Gasteiger partial charge in [0.05, 0.1) is 18.2 Å². The molecular formula is C12H16ClNO2. The summed E-state index contributed by atoms with van der Waals surface area (Å²) in [6.07, 6.45) is 2.23. The van der Waals surface area contributed by atoms with E-state index in [0.717, 1.165) is 36.6 Å². The molecule has 1 aromatic rings. The van der Waals surface area contributed by atoms with Gasteiger partial charge in [0.25, 0.3) is 0 Å². The van der Waals surface area contributed by atoms with E-state index >= 15 is 0 Å². The maximum absolute atomic E-state index is 5.86. The van der Waals surface area contributed by atoms with E-state index in [1.54, 1.807) is 0 Å². The van der Waals surface area contributed by atoms with Crippen molar-refractivity contribution in [3.8, 4) is 5.75 Å². The lowest BCUT2D eigenvalue weighted by Crippen LogP contribution is -2.28. The Morgan fingerprint density at radius 2 is 2.44 bits per heavy atom. The fraction of sp³-hybridized carbons (Fsp3) is 0.583. The first kappa shape index (κ1) is 11.7. The van der Waals surface area contributed by atoms with Gasteiger partial charge in [-0.2, -0.15) is 0 Å². The van der Waals surface area contributed by atoms with Crippen LogP contribution in [0.25, 0.3) is 0 Å². The summed E-state index contributed by atoms with van der Waals surface area (Å²) < 4.78 is 11.2. The van der Waals surface area contributed by atoms with Gasteiger partial charge >= 0.3 is 0 Å². The van der Waals surface area contributed by atoms with Gasteiger partial charge < -0.3 is 9.47 Å². The first-order chi connectivity index (χ1) is 7.79. The van der Waals surface area contributed by atoms with Gasteiger partial charge in [-0.15, -0.1) is 11.6 Å². The molecule has 0 spiro atoms. The Balaban J connectivity index is 2.07. The molecule has 1 aromatic heterocycles. The van der Waals surface area contributed by atoms with Crippen LogP contribution in [0.3, 0.4) is 0 Å². The summed E-state index contributed by atoms with van der Waals surface area (Å²) in [5.41, 5.74) is 1.77. The molecule has 3 nitrogen and oxygen atoms in total. The fourth-order valence-corrected chi connectivity index (χ4v) is 1.98. The number of hydrogen-bond donors (Lipinski definition) is 0. The average Bonchev–Trinajstić information content (AvgIpc) is 2.33. The van der Waals surface area contributed by atoms with E-state index in [9.17, 15) is 0 Å². The Morgan fingerprint density at radius 3 is 3.12 bits per heavy atom. The van der Waals surface area contributed by atoms with Crippen molar-refractivity contribution in [1.29, 1.82) is 0 Å². The summed E-state index contributed by atoms with van der Waals surface area (Å²) in [6.45, 7) is 3.45. The third-order valence-corrected chi connectivity index (χ3v) is 2.86. The second kappa shape index (κ2) is 5.51. The van der Waals surface area contributed by atoms with E-state index in [2.05, 4.69) is 4.98 Å². The van der Waals surface area contributed by atoms with Crippen molar-refractivity contribution in [2.24, 2.45) is 0 Å². The van der Waals surface area contributed by atoms with Crippen molar-refractivity contribution >= 4 is 11.6 Å². The summed E-state index contributed by atoms with van der Waals surface area (Å²) >= 11 is 5.85. The molecular weight excluding hydrogens is 226 g/mol. The first-order valence-electron chi connectivity index (χ1n) is 5.56. The molecule has 4 heteroatoms. The van der Waals surface area contributed by atoms with Crippen LogP contribution in [-0.4, -0.2) is 24.3 Å². The van der Waals surface area contributed by atoms with Crippen LogP contribution in [0, 0.1) is 6.92 Å². The van der Waals surface area contributed by atoms with Crippen molar-refractivity contribution in [3.63, 3.8) is 0 Å². The van der Waals surface area contributed by atoms with Gasteiger partial charge in [0, 0.05) is 12.3 Å². The molecule has 0 aliphatic carbocycles. The topological polar surface area (TPSA) is 31.4 Å². The first-order valence-corrected chi connectivity index (χ1v) is 6.10. The van der Waals surface area contributed by atoms with Crippen LogP contribution in [0.1, 0.15) is 24.2 Å². The molecule has 0 aromatic carbocycles. The van der Waals surface area contributed by atoms with E-state index in [-0.39, 0.29) is 6.10 Å². The summed E-state index contributed by atoms with van der Waals surface area (Å²) in [7, 11) is 0. The molecule has 1 aliphatic rings. The van der Waals surface area contributed by atoms with Crippen molar-refractivity contribution in [2.75, 3.05) is 13.2 Å². The summed E-state index contributed by atoms with van der Waals surface area (Å²) in [5, 5.41) is 0. The molecule has 88 valence electrons. The third-order valence-electron chi connectivity index (χ3n) is 2.61. The summed E-state index contributed by atoms with van der Waals surface area (Å²) in [6, 6.07) is 3.88. The standard InChI is InChI=1S/C12H16ClNO2/c1-9-4-5-12(11(7-13)14-9)16-10-3-2-6-15-8-10/h4-5,10H,2-3,6-8H2,1H3. The molecule has 0 radical (unpaired) electrons. The van der Waals surface area contributed by atoms with Crippen molar-refractivity contribution in [1.82, 2.24) is 4.98 Å². The largest absolute Gasteiger partial charge is 0.486 e. The van der Waals surface area contributed by atoms with Crippen LogP contribution in [0.2, 0.25) is 0 Å². The zero-order valence-corrected chi connectivity index (χ0v) is 10.2. The van der Waals surface area contributed by atoms with Crippen LogP contribution in [0.15, 0.2) is 12.1 Å². The smallest absolute Gasteiger partial charge is 0.142 e. The molecule has 2 rings (SSSR count). The van der Waals surface area contributed by atoms with Crippen molar-refractivity contribution < 1.29 is 9.47 Å². The minimum Gasteiger partial charge on any atom is -0.486 e. The molecule has 1 atom stereocenters. The molecule has 1 unspecified atom stereocenters. The fourth-order valence-electron chi connectivity index (χ4n) is 1.78. The Labute approximate surface area is 101 Å². The molecule has 0 amide bonds. The number of halogens is 1. The van der Waals surface area contributed by atoms with Gasteiger partial charge in [0.2, 0.25) is 0 Å². The Kier molecular flexibility index (Phi) is 4.02. The number of aromatic nitrogens is 1. The van der Waals surface area contributed by atoms with Gasteiger partial charge in [-0.05, 0) is 31.9 Å². The lowest BCUT2D eigenvalue weighted by Gasteiger charge is -2.24. The number of pyridine rings is 1. The second-order valence-corrected chi connectivity index (χ2v) is 4.26. The van der Waals surface area contributed by atoms with Crippen LogP contribution >= 0.6 is 11.6 Å². The molecule has 16 heavy (non-hydrogen) atoms. The highest BCUT2D eigenvalue weighted by Crippen LogP contribution is 2.22. The quantitative estimate of drug-likeness (QED) is 0.763. The SMILES string of the molecule is Cc1ccc(OC2CCCOC2)c(CCl)n1. The third kappa shape index (κ3) is 2.86. The Bertz CT molecular complexity index is 351. The summed E-state index contributed by atoms with van der Waals surface area (Å²) in [4.78, 5) is 4.36. The van der Waals surface area contributed by atoms with Gasteiger partial charge in [0.15, 0.2) is 0 Å². The maximum Gasteiger partial charge on any atom is 0.142 e. The van der Waals surface area contributed by atoms with Crippen molar-refractivity contribution in [2.45, 2.75) is 31.7 Å². The zero-order chi connectivity index (χ0) is 11.4. The number of ether oxygens (including phenoxy) is 2. The van der Waals surface area contributed by atoms with E-state index in [1.807, 2.05) is 19.1 Å². The van der Waals surface area contributed by atoms with Gasteiger partial charge in [-0.1, -0.05) is 0 Å². The number of alkyl halides is 1. The Morgan fingerprint density at radius 1 is 1.56 bits per heavy atom. The molecule has 0 N–H and O–H groups in total. The number of hydrogen-bond acceptors (Lipinski definition) is 3. The van der Waals surface area contributed by atoms with Gasteiger partial charge in [-0.3, -0.25) is 4.98 Å². The maximum atomic E-state index is 5.86. The minimum atomic E-state index is 0.139. The average molecular weight is 242 g/mol. The van der Waals surface area contributed by atoms with E-state index < -0.39 is 0 Å². The molecule has 2 heterocycles. The number of aryl methyl sites for hydroxylation is 1. The van der Waals surface area contributed by atoms with E-state index in [0.29, 0.717) is 12.5 Å². The van der Waals surface area contributed by atoms with Crippen LogP contribution in [-0.2, 0) is 10.6 Å². The zero-order valence-electron chi connectivity index (χ0n) is 9.41. The molecule has 0 saturated carbocycles. The minimum absolute atomic E-state index is 0.139. The van der Waals surface area contributed by atoms with Crippen LogP contribution in [0.4, 0.5) is 0 Å². The lowest BCUT2D eigenvalue weighted by atomic mass is 10.2. The van der Waals surface area contributed by atoms with Crippen LogP contribution in [0.5, 0.6) is 5.75 Å². The highest BCUT2D eigenvalue weighted by atomic mass is 35.5. The normalized spacial score (nSPS) is 20.8. The predicted octanol–water partition coefficient (Wildman–Crippen LogP) is 2.69. The Hall–Kier alpha value is -0.800. The van der Waals surface area contributed by atoms with Crippen LogP contribution < -0.4 is 4.74 Å². The highest BCUT2D eigenvalue weighted by molar-refractivity contribution is 6.17. The van der Waals surface area contributed by atoms with Crippen molar-refractivity contribution in [3.05, 3.63) is 23.5 Å². The molecule has 1 saturated heterocycles. The molecule has 0 bridgehead atoms. The van der Waals surface area contributed by atoms with E-state index in [1.165, 1.54) is 0 Å². The highest BCUT2D eigenvalue weighted by Gasteiger charge is 2.17. The number of nitrogens with zero attached hydrogens (tertiary/aromatic N) is 1. The predicted molar refractivity (Wildman–Crippen MR) is 63.0 cm³/mol. The van der Waals surface area contributed by atoms with E-state index in [4.69, 9.17) is 21.1 Å².